The number of anilines is 1. The lowest BCUT2D eigenvalue weighted by Gasteiger charge is -2.10. The van der Waals surface area contributed by atoms with Crippen LogP contribution >= 0.6 is 34.4 Å². The van der Waals surface area contributed by atoms with E-state index in [9.17, 15) is 4.79 Å². The van der Waals surface area contributed by atoms with Gasteiger partial charge in [-0.15, -0.1) is 31.7 Å². The maximum absolute atomic E-state index is 12.2. The molecule has 0 aromatic carbocycles. The third-order valence-electron chi connectivity index (χ3n) is 4.44. The Kier molecular flexibility index (Phi) is 4.29. The molecule has 1 N–H and O–H groups in total. The smallest absolute Gasteiger partial charge is 0.236 e. The number of rotatable bonds is 4. The van der Waals surface area contributed by atoms with Crippen molar-refractivity contribution < 1.29 is 4.79 Å². The van der Waals surface area contributed by atoms with Crippen LogP contribution < -0.4 is 5.32 Å². The van der Waals surface area contributed by atoms with Crippen molar-refractivity contribution in [2.45, 2.75) is 37.8 Å². The van der Waals surface area contributed by atoms with Crippen molar-refractivity contribution in [1.82, 2.24) is 29.8 Å². The largest absolute Gasteiger partial charge is 0.300 e. The number of nitrogens with zero attached hydrogens (tertiary/aromatic N) is 6. The van der Waals surface area contributed by atoms with Gasteiger partial charge in [0.25, 0.3) is 0 Å². The standard InChI is InChI=1S/C16H15N7OS3/c1-8-19-21-15(26-8)18-11(24)6-25-16-22-20-13-12-9-4-2-3-5-10(9)27-14(12)17-7-23(13)16/h7H,2-6H2,1H3,(H,18,21,24). The number of thioether (sulfide) groups is 1. The summed E-state index contributed by atoms with van der Waals surface area (Å²) in [7, 11) is 0. The van der Waals surface area contributed by atoms with Gasteiger partial charge in [0.2, 0.25) is 11.0 Å². The molecule has 27 heavy (non-hydrogen) atoms. The van der Waals surface area contributed by atoms with Crippen LogP contribution in [0, 0.1) is 6.92 Å². The fraction of sp³-hybridized carbons (Fsp3) is 0.375. The molecule has 0 saturated heterocycles. The van der Waals surface area contributed by atoms with Gasteiger partial charge in [0, 0.05) is 4.88 Å². The Morgan fingerprint density at radius 2 is 2.11 bits per heavy atom. The summed E-state index contributed by atoms with van der Waals surface area (Å²) in [6, 6.07) is 0. The minimum Gasteiger partial charge on any atom is -0.300 e. The number of aromatic nitrogens is 6. The van der Waals surface area contributed by atoms with Crippen LogP contribution in [0.3, 0.4) is 0 Å². The molecule has 1 amide bonds. The molecule has 0 radical (unpaired) electrons. The van der Waals surface area contributed by atoms with Crippen LogP contribution in [0.15, 0.2) is 11.5 Å². The SMILES string of the molecule is Cc1nnc(NC(=O)CSc2nnc3c4c5c(sc4ncn23)CCCC5)s1. The number of fused-ring (bicyclic) bond motifs is 5. The molecule has 0 bridgehead atoms. The van der Waals surface area contributed by atoms with Gasteiger partial charge in [-0.25, -0.2) is 4.98 Å². The quantitative estimate of drug-likeness (QED) is 0.510. The average molecular weight is 418 g/mol. The highest BCUT2D eigenvalue weighted by atomic mass is 32.2. The molecule has 138 valence electrons. The third-order valence-corrected chi connectivity index (χ3v) is 7.33. The Morgan fingerprint density at radius 1 is 1.22 bits per heavy atom. The van der Waals surface area contributed by atoms with Crippen molar-refractivity contribution in [2.24, 2.45) is 0 Å². The zero-order valence-corrected chi connectivity index (χ0v) is 16.9. The van der Waals surface area contributed by atoms with E-state index in [1.54, 1.807) is 17.7 Å². The molecule has 0 spiro atoms. The summed E-state index contributed by atoms with van der Waals surface area (Å²) in [5.74, 6) is 0.0778. The fourth-order valence-electron chi connectivity index (χ4n) is 3.27. The second-order valence-electron chi connectivity index (χ2n) is 6.27. The number of amides is 1. The molecule has 4 aromatic heterocycles. The van der Waals surface area contributed by atoms with Gasteiger partial charge in [-0.2, -0.15) is 0 Å². The maximum atomic E-state index is 12.2. The first-order chi connectivity index (χ1) is 13.2. The first-order valence-corrected chi connectivity index (χ1v) is 11.2. The number of carbonyl (C=O) groups is 1. The normalized spacial score (nSPS) is 14.0. The molecule has 0 saturated carbocycles. The Balaban J connectivity index is 1.40. The van der Waals surface area contributed by atoms with Gasteiger partial charge in [0.15, 0.2) is 10.8 Å². The van der Waals surface area contributed by atoms with E-state index in [0.29, 0.717) is 10.3 Å². The third kappa shape index (κ3) is 3.09. The number of hydrogen-bond acceptors (Lipinski definition) is 9. The van der Waals surface area contributed by atoms with Crippen LogP contribution in [-0.4, -0.2) is 41.4 Å². The minimum absolute atomic E-state index is 0.144. The van der Waals surface area contributed by atoms with Crippen molar-refractivity contribution >= 4 is 61.3 Å². The zero-order valence-electron chi connectivity index (χ0n) is 14.4. The first-order valence-electron chi connectivity index (χ1n) is 8.56. The average Bonchev–Trinajstić information content (AvgIpc) is 3.35. The summed E-state index contributed by atoms with van der Waals surface area (Å²) in [5, 5.41) is 22.4. The van der Waals surface area contributed by atoms with Gasteiger partial charge in [-0.3, -0.25) is 14.5 Å². The summed E-state index contributed by atoms with van der Waals surface area (Å²) >= 11 is 4.46. The van der Waals surface area contributed by atoms with Crippen molar-refractivity contribution in [1.29, 1.82) is 0 Å². The van der Waals surface area contributed by atoms with Crippen LogP contribution in [-0.2, 0) is 17.6 Å². The molecule has 0 unspecified atom stereocenters. The van der Waals surface area contributed by atoms with Crippen molar-refractivity contribution in [3.05, 3.63) is 21.8 Å². The summed E-state index contributed by atoms with van der Waals surface area (Å²) < 4.78 is 1.89. The molecular weight excluding hydrogens is 402 g/mol. The van der Waals surface area contributed by atoms with Crippen molar-refractivity contribution in [3.63, 3.8) is 0 Å². The lowest BCUT2D eigenvalue weighted by atomic mass is 9.97. The number of nitrogens with one attached hydrogen (secondary N) is 1. The number of hydrogen-bond donors (Lipinski definition) is 1. The van der Waals surface area contributed by atoms with Crippen LogP contribution in [0.5, 0.6) is 0 Å². The summed E-state index contributed by atoms with van der Waals surface area (Å²) in [6.07, 6.45) is 6.42. The second-order valence-corrected chi connectivity index (χ2v) is 9.48. The molecule has 1 aliphatic carbocycles. The maximum Gasteiger partial charge on any atom is 0.236 e. The predicted octanol–water partition coefficient (Wildman–Crippen LogP) is 3.11. The lowest BCUT2D eigenvalue weighted by molar-refractivity contribution is -0.113. The fourth-order valence-corrected chi connectivity index (χ4v) is 5.80. The second kappa shape index (κ2) is 6.80. The van der Waals surface area contributed by atoms with Gasteiger partial charge in [0.05, 0.1) is 11.1 Å². The monoisotopic (exact) mass is 417 g/mol. The highest BCUT2D eigenvalue weighted by molar-refractivity contribution is 7.99. The van der Waals surface area contributed by atoms with Gasteiger partial charge in [-0.1, -0.05) is 23.1 Å². The van der Waals surface area contributed by atoms with Crippen LogP contribution in [0.4, 0.5) is 5.13 Å². The Bertz CT molecular complexity index is 1160. The van der Waals surface area contributed by atoms with Crippen molar-refractivity contribution in [2.75, 3.05) is 11.1 Å². The lowest BCUT2D eigenvalue weighted by Crippen LogP contribution is -2.14. The molecule has 4 heterocycles. The molecule has 8 nitrogen and oxygen atoms in total. The number of thiophene rings is 1. The van der Waals surface area contributed by atoms with E-state index in [0.717, 1.165) is 33.7 Å². The van der Waals surface area contributed by atoms with E-state index in [1.165, 1.54) is 46.4 Å². The van der Waals surface area contributed by atoms with E-state index < -0.39 is 0 Å². The van der Waals surface area contributed by atoms with Gasteiger partial charge in [-0.05, 0) is 38.2 Å². The molecular formula is C16H15N7OS3. The van der Waals surface area contributed by atoms with Crippen LogP contribution in [0.2, 0.25) is 0 Å². The van der Waals surface area contributed by atoms with E-state index in [-0.39, 0.29) is 11.7 Å². The Morgan fingerprint density at radius 3 is 2.96 bits per heavy atom. The molecule has 11 heteroatoms. The van der Waals surface area contributed by atoms with Crippen LogP contribution in [0.1, 0.15) is 28.3 Å². The number of aryl methyl sites for hydroxylation is 3. The highest BCUT2D eigenvalue weighted by Gasteiger charge is 2.21. The summed E-state index contributed by atoms with van der Waals surface area (Å²) in [5.41, 5.74) is 2.22. The summed E-state index contributed by atoms with van der Waals surface area (Å²) in [6.45, 7) is 1.85. The molecule has 1 aliphatic rings. The van der Waals surface area contributed by atoms with Gasteiger partial charge < -0.3 is 0 Å². The van der Waals surface area contributed by atoms with E-state index >= 15 is 0 Å². The molecule has 0 aliphatic heterocycles. The minimum atomic E-state index is -0.144. The predicted molar refractivity (Wildman–Crippen MR) is 107 cm³/mol. The Hall–Kier alpha value is -2.11. The topological polar surface area (TPSA) is 98.0 Å². The van der Waals surface area contributed by atoms with Gasteiger partial charge in [0.1, 0.15) is 16.2 Å². The first kappa shape index (κ1) is 17.0. The Labute approximate surface area is 166 Å². The molecule has 5 rings (SSSR count). The molecule has 4 aromatic rings. The summed E-state index contributed by atoms with van der Waals surface area (Å²) in [4.78, 5) is 19.2. The van der Waals surface area contributed by atoms with Gasteiger partial charge >= 0.3 is 0 Å². The van der Waals surface area contributed by atoms with Crippen LogP contribution in [0.25, 0.3) is 15.9 Å². The van der Waals surface area contributed by atoms with E-state index in [4.69, 9.17) is 0 Å². The highest BCUT2D eigenvalue weighted by Crippen LogP contribution is 2.37. The van der Waals surface area contributed by atoms with E-state index in [1.807, 2.05) is 11.3 Å². The zero-order chi connectivity index (χ0) is 18.4. The molecule has 0 atom stereocenters. The number of carbonyl (C=O) groups excluding carboxylic acids is 1. The van der Waals surface area contributed by atoms with E-state index in [2.05, 4.69) is 30.7 Å². The molecule has 0 fully saturated rings. The van der Waals surface area contributed by atoms with Crippen molar-refractivity contribution in [3.8, 4) is 0 Å².